The summed E-state index contributed by atoms with van der Waals surface area (Å²) in [4.78, 5) is 12.3. The zero-order valence-electron chi connectivity index (χ0n) is 11.7. The normalized spacial score (nSPS) is 10.3. The van der Waals surface area contributed by atoms with E-state index < -0.39 is 5.82 Å². The van der Waals surface area contributed by atoms with Crippen LogP contribution < -0.4 is 4.74 Å². The number of aryl methyl sites for hydroxylation is 1. The van der Waals surface area contributed by atoms with Crippen molar-refractivity contribution in [2.75, 3.05) is 7.11 Å². The van der Waals surface area contributed by atoms with Gasteiger partial charge >= 0.3 is 0 Å². The van der Waals surface area contributed by atoms with Crippen molar-refractivity contribution in [3.05, 3.63) is 65.0 Å². The lowest BCUT2D eigenvalue weighted by Crippen LogP contribution is -2.08. The first-order valence-electron chi connectivity index (χ1n) is 6.59. The molecular formula is C17H17FO2. The Kier molecular flexibility index (Phi) is 4.51. The van der Waals surface area contributed by atoms with Gasteiger partial charge in [-0.05, 0) is 23.6 Å². The second-order valence-corrected chi connectivity index (χ2v) is 4.54. The molecule has 0 spiro atoms. The number of carbonyl (C=O) groups is 1. The molecule has 0 unspecified atom stereocenters. The van der Waals surface area contributed by atoms with Gasteiger partial charge in [-0.1, -0.05) is 43.3 Å². The third-order valence-corrected chi connectivity index (χ3v) is 3.31. The molecule has 0 heterocycles. The van der Waals surface area contributed by atoms with Gasteiger partial charge in [-0.2, -0.15) is 0 Å². The molecule has 0 aliphatic carbocycles. The first kappa shape index (κ1) is 14.3. The van der Waals surface area contributed by atoms with E-state index in [9.17, 15) is 9.18 Å². The summed E-state index contributed by atoms with van der Waals surface area (Å²) < 4.78 is 19.0. The Morgan fingerprint density at radius 2 is 1.80 bits per heavy atom. The maximum atomic E-state index is 14.1. The summed E-state index contributed by atoms with van der Waals surface area (Å²) in [6.07, 6.45) is 0.822. The molecule has 0 aliphatic rings. The summed E-state index contributed by atoms with van der Waals surface area (Å²) in [7, 11) is 1.41. The van der Waals surface area contributed by atoms with Crippen LogP contribution >= 0.6 is 0 Å². The number of ether oxygens (including phenoxy) is 1. The van der Waals surface area contributed by atoms with Gasteiger partial charge in [0.2, 0.25) is 0 Å². The lowest BCUT2D eigenvalue weighted by Gasteiger charge is -2.09. The average Bonchev–Trinajstić information content (AvgIpc) is 2.49. The van der Waals surface area contributed by atoms with Gasteiger partial charge in [-0.3, -0.25) is 4.79 Å². The van der Waals surface area contributed by atoms with Gasteiger partial charge in [-0.15, -0.1) is 0 Å². The van der Waals surface area contributed by atoms with Crippen LogP contribution in [0.3, 0.4) is 0 Å². The third-order valence-electron chi connectivity index (χ3n) is 3.31. The first-order valence-corrected chi connectivity index (χ1v) is 6.59. The molecule has 2 aromatic rings. The number of hydrogen-bond donors (Lipinski definition) is 0. The lowest BCUT2D eigenvalue weighted by atomic mass is 9.97. The predicted molar refractivity (Wildman–Crippen MR) is 76.8 cm³/mol. The van der Waals surface area contributed by atoms with E-state index >= 15 is 0 Å². The van der Waals surface area contributed by atoms with Gasteiger partial charge in [0, 0.05) is 12.0 Å². The molecule has 0 radical (unpaired) electrons. The van der Waals surface area contributed by atoms with Crippen LogP contribution in [0.4, 0.5) is 4.39 Å². The second-order valence-electron chi connectivity index (χ2n) is 4.54. The Morgan fingerprint density at radius 1 is 1.10 bits per heavy atom. The van der Waals surface area contributed by atoms with Crippen LogP contribution in [0.15, 0.2) is 42.5 Å². The largest absolute Gasteiger partial charge is 0.494 e. The first-order chi connectivity index (χ1) is 9.67. The van der Waals surface area contributed by atoms with Crippen LogP contribution in [0.25, 0.3) is 0 Å². The molecule has 0 saturated heterocycles. The van der Waals surface area contributed by atoms with Crippen LogP contribution in [0, 0.1) is 5.82 Å². The van der Waals surface area contributed by atoms with Crippen molar-refractivity contribution in [3.8, 4) is 5.75 Å². The molecule has 0 fully saturated rings. The molecule has 0 aliphatic heterocycles. The van der Waals surface area contributed by atoms with Crippen molar-refractivity contribution in [3.63, 3.8) is 0 Å². The lowest BCUT2D eigenvalue weighted by molar-refractivity contribution is 0.0991. The number of halogens is 1. The molecule has 0 saturated carbocycles. The minimum atomic E-state index is -0.461. The third kappa shape index (κ3) is 2.87. The van der Waals surface area contributed by atoms with E-state index in [1.807, 2.05) is 25.1 Å². The van der Waals surface area contributed by atoms with Crippen LogP contribution in [-0.2, 0) is 12.8 Å². The quantitative estimate of drug-likeness (QED) is 0.773. The van der Waals surface area contributed by atoms with Gasteiger partial charge in [0.05, 0.1) is 7.11 Å². The zero-order chi connectivity index (χ0) is 14.5. The molecule has 2 aromatic carbocycles. The van der Waals surface area contributed by atoms with Crippen molar-refractivity contribution in [1.29, 1.82) is 0 Å². The van der Waals surface area contributed by atoms with E-state index in [4.69, 9.17) is 4.74 Å². The summed E-state index contributed by atoms with van der Waals surface area (Å²) in [6, 6.07) is 12.3. The summed E-state index contributed by atoms with van der Waals surface area (Å²) in [5, 5.41) is 0. The van der Waals surface area contributed by atoms with Crippen LogP contribution in [0.2, 0.25) is 0 Å². The Bertz CT molecular complexity index is 620. The van der Waals surface area contributed by atoms with E-state index in [1.165, 1.54) is 7.11 Å². The van der Waals surface area contributed by atoms with Crippen LogP contribution in [0.5, 0.6) is 5.75 Å². The molecule has 104 valence electrons. The molecule has 20 heavy (non-hydrogen) atoms. The number of carbonyl (C=O) groups excluding carboxylic acids is 1. The number of benzene rings is 2. The second kappa shape index (κ2) is 6.33. The van der Waals surface area contributed by atoms with E-state index in [0.717, 1.165) is 12.0 Å². The molecule has 3 heteroatoms. The van der Waals surface area contributed by atoms with Crippen molar-refractivity contribution in [2.45, 2.75) is 19.8 Å². The summed E-state index contributed by atoms with van der Waals surface area (Å²) >= 11 is 0. The molecule has 0 N–H and O–H groups in total. The molecule has 0 amide bonds. The van der Waals surface area contributed by atoms with Gasteiger partial charge in [0.25, 0.3) is 0 Å². The number of hydrogen-bond acceptors (Lipinski definition) is 2. The number of Topliss-reactive ketones (excluding diaryl/α,β-unsaturated/α-hetero) is 1. The summed E-state index contributed by atoms with van der Waals surface area (Å²) in [6.45, 7) is 2.00. The van der Waals surface area contributed by atoms with Gasteiger partial charge in [0.15, 0.2) is 17.3 Å². The van der Waals surface area contributed by atoms with Gasteiger partial charge < -0.3 is 4.74 Å². The number of ketones is 1. The Hall–Kier alpha value is -2.16. The Balaban J connectivity index is 2.28. The Morgan fingerprint density at radius 3 is 2.50 bits per heavy atom. The van der Waals surface area contributed by atoms with E-state index in [2.05, 4.69) is 0 Å². The van der Waals surface area contributed by atoms with Crippen LogP contribution in [0.1, 0.15) is 28.4 Å². The fourth-order valence-corrected chi connectivity index (χ4v) is 2.22. The van der Waals surface area contributed by atoms with Crippen molar-refractivity contribution in [2.24, 2.45) is 0 Å². The summed E-state index contributed by atoms with van der Waals surface area (Å²) in [5.41, 5.74) is 2.01. The smallest absolute Gasteiger partial charge is 0.168 e. The van der Waals surface area contributed by atoms with Gasteiger partial charge in [-0.25, -0.2) is 4.39 Å². The molecule has 0 atom stereocenters. The minimum absolute atomic E-state index is 0.0417. The minimum Gasteiger partial charge on any atom is -0.494 e. The molecular weight excluding hydrogens is 255 g/mol. The van der Waals surface area contributed by atoms with Crippen molar-refractivity contribution >= 4 is 5.78 Å². The van der Waals surface area contributed by atoms with E-state index in [-0.39, 0.29) is 18.0 Å². The molecule has 2 rings (SSSR count). The van der Waals surface area contributed by atoms with E-state index in [1.54, 1.807) is 24.3 Å². The maximum absolute atomic E-state index is 14.1. The van der Waals surface area contributed by atoms with Crippen LogP contribution in [-0.4, -0.2) is 12.9 Å². The highest BCUT2D eigenvalue weighted by molar-refractivity contribution is 5.98. The van der Waals surface area contributed by atoms with E-state index in [0.29, 0.717) is 11.1 Å². The maximum Gasteiger partial charge on any atom is 0.168 e. The average molecular weight is 272 g/mol. The Labute approximate surface area is 118 Å². The van der Waals surface area contributed by atoms with Gasteiger partial charge in [0.1, 0.15) is 0 Å². The monoisotopic (exact) mass is 272 g/mol. The summed E-state index contributed by atoms with van der Waals surface area (Å²) in [5.74, 6) is -0.369. The highest BCUT2D eigenvalue weighted by atomic mass is 19.1. The predicted octanol–water partition coefficient (Wildman–Crippen LogP) is 3.82. The highest BCUT2D eigenvalue weighted by Gasteiger charge is 2.15. The topological polar surface area (TPSA) is 26.3 Å². The number of rotatable bonds is 5. The fourth-order valence-electron chi connectivity index (χ4n) is 2.22. The molecule has 0 aromatic heterocycles. The standard InChI is InChI=1S/C17H17FO2/c1-3-12-7-4-5-9-14(12)15(19)11-13-8-6-10-16(20-2)17(13)18/h4-10H,3,11H2,1-2H3. The highest BCUT2D eigenvalue weighted by Crippen LogP contribution is 2.22. The SMILES string of the molecule is CCc1ccccc1C(=O)Cc1cccc(OC)c1F. The van der Waals surface area contributed by atoms with Crippen molar-refractivity contribution < 1.29 is 13.9 Å². The fraction of sp³-hybridized carbons (Fsp3) is 0.235. The molecule has 2 nitrogen and oxygen atoms in total. The zero-order valence-corrected chi connectivity index (χ0v) is 11.7. The number of methoxy groups -OCH3 is 1. The van der Waals surface area contributed by atoms with Crippen molar-refractivity contribution in [1.82, 2.24) is 0 Å². The molecule has 0 bridgehead atoms.